The molecule has 8 aromatic rings. The van der Waals surface area contributed by atoms with Crippen LogP contribution in [0.25, 0.3) is 11.1 Å². The Kier molecular flexibility index (Phi) is 10.2. The minimum absolute atomic E-state index is 0.0258. The summed E-state index contributed by atoms with van der Waals surface area (Å²) in [6.45, 7) is 32.8. The molecule has 3 aliphatic carbocycles. The Morgan fingerprint density at radius 1 is 0.474 bits per heavy atom. The van der Waals surface area contributed by atoms with Crippen LogP contribution in [0.5, 0.6) is 0 Å². The molecule has 0 atom stereocenters. The number of hydrogen-bond acceptors (Lipinski definition) is 3. The SMILES string of the molecule is [2H]C([2H])([2H])c1cc2c3c(c1)N(c1cccc4c1C(C)(C)c1cc(C(C)(C)C)ccc1-4)c1cc(N(c4ccccc4C)c4ccccc4C)ccc1B3c1cc3c(cc1N2c1ccc2c(c1)C(C)(C)CCC2(C)C)C(C)(C)CCC3(C)C. The largest absolute Gasteiger partial charge is 0.311 e. The van der Waals surface area contributed by atoms with Crippen molar-refractivity contribution in [2.75, 3.05) is 14.7 Å². The molecule has 0 spiro atoms. The maximum Gasteiger partial charge on any atom is 0.252 e. The normalized spacial score (nSPS) is 19.0. The van der Waals surface area contributed by atoms with Crippen molar-refractivity contribution in [1.82, 2.24) is 0 Å². The topological polar surface area (TPSA) is 9.72 Å². The van der Waals surface area contributed by atoms with E-state index >= 15 is 0 Å². The Morgan fingerprint density at radius 2 is 1.05 bits per heavy atom. The number of para-hydroxylation sites is 2. The molecule has 2 aliphatic heterocycles. The monoisotopic (exact) mass is 1020 g/mol. The predicted octanol–water partition coefficient (Wildman–Crippen LogP) is 18.5. The van der Waals surface area contributed by atoms with Crippen molar-refractivity contribution in [1.29, 1.82) is 0 Å². The number of aryl methyl sites for hydroxylation is 3. The van der Waals surface area contributed by atoms with Gasteiger partial charge in [0.05, 0.1) is 5.69 Å². The van der Waals surface area contributed by atoms with Gasteiger partial charge in [-0.2, -0.15) is 0 Å². The van der Waals surface area contributed by atoms with Crippen LogP contribution in [0.3, 0.4) is 0 Å². The maximum absolute atomic E-state index is 9.46. The Morgan fingerprint density at radius 3 is 1.67 bits per heavy atom. The van der Waals surface area contributed by atoms with Crippen LogP contribution in [0.4, 0.5) is 51.2 Å². The lowest BCUT2D eigenvalue weighted by Gasteiger charge is -2.48. The summed E-state index contributed by atoms with van der Waals surface area (Å²) in [6.07, 6.45) is 4.39. The second-order valence-electron chi connectivity index (χ2n) is 28.2. The van der Waals surface area contributed by atoms with E-state index in [9.17, 15) is 4.11 Å². The van der Waals surface area contributed by atoms with Gasteiger partial charge < -0.3 is 14.7 Å². The Labute approximate surface area is 472 Å². The number of nitrogens with zero attached hydrogens (tertiary/aromatic N) is 3. The molecule has 0 bridgehead atoms. The third-order valence-electron chi connectivity index (χ3n) is 19.8. The molecule has 394 valence electrons. The standard InChI is InChI=1S/C74H80BN3/c1-45-38-65-68-66(39-45)78(62-27-21-24-52-51-31-28-48(69(4,5)6)40-54(51)74(15,16)67(52)62)63-42-50(76(60-25-19-17-22-46(60)2)61-26-20-18-23-47(61)3)30-33-58(63)75(68)59-43-56-57(73(13,14)37-36-72(56,11)12)44-64(59)77(65)49-29-32-53-55(41-49)71(9,10)35-34-70(53,7)8/h17-33,38-44H,34-37H2,1-16H3/i1D3. The Bertz CT molecular complexity index is 3910. The molecule has 0 unspecified atom stereocenters. The van der Waals surface area contributed by atoms with Crippen LogP contribution in [-0.4, -0.2) is 6.71 Å². The summed E-state index contributed by atoms with van der Waals surface area (Å²) < 4.78 is 28.4. The number of anilines is 9. The van der Waals surface area contributed by atoms with Crippen LogP contribution in [0, 0.1) is 20.7 Å². The second-order valence-corrected chi connectivity index (χ2v) is 28.2. The van der Waals surface area contributed by atoms with E-state index in [1.807, 2.05) is 12.1 Å². The Hall–Kier alpha value is -6.78. The Balaban J connectivity index is 1.17. The molecule has 2 heterocycles. The summed E-state index contributed by atoms with van der Waals surface area (Å²) >= 11 is 0. The zero-order valence-corrected chi connectivity index (χ0v) is 49.1. The summed E-state index contributed by atoms with van der Waals surface area (Å²) in [5.74, 6) is 0. The molecule has 0 radical (unpaired) electrons. The molecular formula is C74H80BN3. The molecule has 0 aromatic heterocycles. The van der Waals surface area contributed by atoms with Gasteiger partial charge in [0.1, 0.15) is 0 Å². The van der Waals surface area contributed by atoms with Crippen LogP contribution in [0.1, 0.15) is 175 Å². The zero-order chi connectivity index (χ0) is 57.5. The van der Waals surface area contributed by atoms with E-state index in [0.29, 0.717) is 5.56 Å². The van der Waals surface area contributed by atoms with Crippen molar-refractivity contribution < 1.29 is 4.11 Å². The first-order valence-corrected chi connectivity index (χ1v) is 29.0. The highest BCUT2D eigenvalue weighted by Gasteiger charge is 2.49. The van der Waals surface area contributed by atoms with Gasteiger partial charge in [-0.25, -0.2) is 0 Å². The molecular weight excluding hydrogens is 942 g/mol. The number of rotatable bonds is 5. The van der Waals surface area contributed by atoms with Crippen LogP contribution in [0.15, 0.2) is 146 Å². The number of fused-ring (bicyclic) bond motifs is 9. The molecule has 3 nitrogen and oxygen atoms in total. The van der Waals surface area contributed by atoms with Gasteiger partial charge >= 0.3 is 0 Å². The smallest absolute Gasteiger partial charge is 0.252 e. The molecule has 4 heteroatoms. The molecule has 0 amide bonds. The summed E-state index contributed by atoms with van der Waals surface area (Å²) in [6, 6.07) is 55.1. The van der Waals surface area contributed by atoms with E-state index in [1.165, 1.54) is 72.1 Å². The van der Waals surface area contributed by atoms with Crippen molar-refractivity contribution in [3.63, 3.8) is 0 Å². The van der Waals surface area contributed by atoms with E-state index in [-0.39, 0.29) is 33.8 Å². The average molecular weight is 1030 g/mol. The van der Waals surface area contributed by atoms with Crippen molar-refractivity contribution in [3.05, 3.63) is 201 Å². The van der Waals surface area contributed by atoms with Gasteiger partial charge in [-0.1, -0.05) is 175 Å². The lowest BCUT2D eigenvalue weighted by molar-refractivity contribution is 0.332. The minimum atomic E-state index is -2.42. The third kappa shape index (κ3) is 7.43. The van der Waals surface area contributed by atoms with Crippen LogP contribution in [-0.2, 0) is 32.5 Å². The van der Waals surface area contributed by atoms with Gasteiger partial charge in [0.2, 0.25) is 0 Å². The average Bonchev–Trinajstić information content (AvgIpc) is 1.85. The fourth-order valence-corrected chi connectivity index (χ4v) is 15.0. The first kappa shape index (κ1) is 47.2. The van der Waals surface area contributed by atoms with Gasteiger partial charge in [0.15, 0.2) is 0 Å². The van der Waals surface area contributed by atoms with Gasteiger partial charge in [-0.15, -0.1) is 0 Å². The summed E-state index contributed by atoms with van der Waals surface area (Å²) in [4.78, 5) is 7.43. The molecule has 5 aliphatic rings. The molecule has 0 fully saturated rings. The van der Waals surface area contributed by atoms with E-state index in [2.05, 4.69) is 252 Å². The maximum atomic E-state index is 9.46. The quantitative estimate of drug-likeness (QED) is 0.159. The van der Waals surface area contributed by atoms with E-state index in [4.69, 9.17) is 0 Å². The highest BCUT2D eigenvalue weighted by atomic mass is 15.2. The fraction of sp³-hybridized carbons (Fsp3) is 0.351. The minimum Gasteiger partial charge on any atom is -0.311 e. The summed E-state index contributed by atoms with van der Waals surface area (Å²) in [5.41, 5.74) is 27.0. The van der Waals surface area contributed by atoms with Gasteiger partial charge in [0, 0.05) is 55.0 Å². The molecule has 78 heavy (non-hydrogen) atoms. The summed E-state index contributed by atoms with van der Waals surface area (Å²) in [7, 11) is 0. The van der Waals surface area contributed by atoms with Gasteiger partial charge in [0.25, 0.3) is 6.71 Å². The van der Waals surface area contributed by atoms with E-state index < -0.39 is 12.3 Å². The first-order valence-electron chi connectivity index (χ1n) is 30.5. The van der Waals surface area contributed by atoms with Gasteiger partial charge in [-0.05, 0) is 217 Å². The van der Waals surface area contributed by atoms with Crippen molar-refractivity contribution in [3.8, 4) is 11.1 Å². The molecule has 13 rings (SSSR count). The van der Waals surface area contributed by atoms with Crippen LogP contribution in [0.2, 0.25) is 0 Å². The lowest BCUT2D eigenvalue weighted by Crippen LogP contribution is -2.62. The van der Waals surface area contributed by atoms with Crippen LogP contribution >= 0.6 is 0 Å². The van der Waals surface area contributed by atoms with Gasteiger partial charge in [-0.3, -0.25) is 0 Å². The highest BCUT2D eigenvalue weighted by molar-refractivity contribution is 7.00. The number of benzene rings is 8. The van der Waals surface area contributed by atoms with E-state index in [0.717, 1.165) is 82.3 Å². The highest BCUT2D eigenvalue weighted by Crippen LogP contribution is 2.58. The van der Waals surface area contributed by atoms with Crippen molar-refractivity contribution in [2.24, 2.45) is 0 Å². The van der Waals surface area contributed by atoms with Crippen LogP contribution < -0.4 is 31.1 Å². The third-order valence-corrected chi connectivity index (χ3v) is 19.8. The first-order chi connectivity index (χ1) is 38.0. The number of hydrogen-bond donors (Lipinski definition) is 0. The van der Waals surface area contributed by atoms with E-state index in [1.54, 1.807) is 0 Å². The fourth-order valence-electron chi connectivity index (χ4n) is 15.0. The molecule has 0 saturated heterocycles. The molecule has 0 N–H and O–H groups in total. The van der Waals surface area contributed by atoms with Crippen molar-refractivity contribution in [2.45, 2.75) is 169 Å². The predicted molar refractivity (Wildman–Crippen MR) is 336 cm³/mol. The lowest BCUT2D eigenvalue weighted by atomic mass is 9.33. The zero-order valence-electron chi connectivity index (χ0n) is 52.1. The molecule has 0 saturated carbocycles. The summed E-state index contributed by atoms with van der Waals surface area (Å²) in [5, 5.41) is 0. The molecule has 8 aromatic carbocycles. The second kappa shape index (κ2) is 16.9. The van der Waals surface area contributed by atoms with Crippen molar-refractivity contribution >= 4 is 74.3 Å².